The van der Waals surface area contributed by atoms with Crippen molar-refractivity contribution in [3.8, 4) is 0 Å². The summed E-state index contributed by atoms with van der Waals surface area (Å²) in [6.45, 7) is 0. The van der Waals surface area contributed by atoms with Gasteiger partial charge in [-0.05, 0) is 59.8 Å². The van der Waals surface area contributed by atoms with Gasteiger partial charge < -0.3 is 9.73 Å². The zero-order valence-corrected chi connectivity index (χ0v) is 20.9. The Kier molecular flexibility index (Phi) is 5.99. The third-order valence-corrected chi connectivity index (χ3v) is 7.92. The molecule has 2 atom stereocenters. The van der Waals surface area contributed by atoms with E-state index >= 15 is 0 Å². The number of nitrogens with one attached hydrogen (secondary N) is 1. The minimum atomic E-state index is -0.578. The first-order valence-corrected chi connectivity index (χ1v) is 13.1. The Bertz CT molecular complexity index is 1440. The average Bonchev–Trinajstić information content (AvgIpc) is 3.57. The van der Waals surface area contributed by atoms with Crippen LogP contribution in [0.3, 0.4) is 0 Å². The lowest BCUT2D eigenvalue weighted by atomic mass is 9.80. The number of anilines is 2. The van der Waals surface area contributed by atoms with Crippen molar-refractivity contribution >= 4 is 46.0 Å². The predicted octanol–water partition coefficient (Wildman–Crippen LogP) is 7.14. The largest absolute Gasteiger partial charge is 0.469 e. The molecule has 7 heteroatoms. The second-order valence-electron chi connectivity index (χ2n) is 9.05. The third kappa shape index (κ3) is 4.16. The fraction of sp³-hybridized carbons (Fsp3) is 0.172. The van der Waals surface area contributed by atoms with Gasteiger partial charge >= 0.3 is 0 Å². The van der Waals surface area contributed by atoms with E-state index in [1.165, 1.54) is 0 Å². The Morgan fingerprint density at radius 1 is 1.03 bits per heavy atom. The van der Waals surface area contributed by atoms with Crippen LogP contribution in [-0.2, 0) is 16.0 Å². The third-order valence-electron chi connectivity index (χ3n) is 6.79. The number of rotatable bonds is 4. The van der Waals surface area contributed by atoms with Crippen molar-refractivity contribution < 1.29 is 14.0 Å². The molecular formula is C29H23ClN2O3S. The maximum Gasteiger partial charge on any atom is 0.233 e. The molecule has 2 aromatic carbocycles. The summed E-state index contributed by atoms with van der Waals surface area (Å²) in [6.07, 6.45) is 2.82. The zero-order chi connectivity index (χ0) is 24.6. The van der Waals surface area contributed by atoms with Gasteiger partial charge in [-0.3, -0.25) is 14.5 Å². The Morgan fingerprint density at radius 2 is 1.86 bits per heavy atom. The molecule has 0 spiro atoms. The van der Waals surface area contributed by atoms with Crippen LogP contribution in [0.1, 0.15) is 41.0 Å². The van der Waals surface area contributed by atoms with E-state index in [0.29, 0.717) is 23.4 Å². The molecule has 180 valence electrons. The molecule has 0 saturated carbocycles. The first-order valence-electron chi connectivity index (χ1n) is 11.8. The van der Waals surface area contributed by atoms with Crippen LogP contribution in [0, 0.1) is 0 Å². The summed E-state index contributed by atoms with van der Waals surface area (Å²) in [6, 6.07) is 22.3. The molecule has 2 aliphatic rings. The maximum atomic E-state index is 14.0. The van der Waals surface area contributed by atoms with Crippen molar-refractivity contribution in [2.24, 2.45) is 0 Å². The average molecular weight is 515 g/mol. The SMILES string of the molecule is O=C1C[C@@H](c2ccco2)CC2=C1[C@H](c1ccc(Cl)cc1)N(C(=O)Cc1cccs1)c1ccccc1N2. The van der Waals surface area contributed by atoms with E-state index in [2.05, 4.69) is 5.32 Å². The second kappa shape index (κ2) is 9.45. The number of thiophene rings is 1. The minimum absolute atomic E-state index is 0.00632. The highest BCUT2D eigenvalue weighted by Crippen LogP contribution is 2.47. The van der Waals surface area contributed by atoms with Gasteiger partial charge in [0.2, 0.25) is 5.91 Å². The van der Waals surface area contributed by atoms with E-state index in [1.54, 1.807) is 22.5 Å². The van der Waals surface area contributed by atoms with Gasteiger partial charge in [-0.15, -0.1) is 11.3 Å². The number of hydrogen-bond acceptors (Lipinski definition) is 5. The number of nitrogens with zero attached hydrogens (tertiary/aromatic N) is 1. The monoisotopic (exact) mass is 514 g/mol. The molecule has 1 N–H and O–H groups in total. The molecule has 2 aromatic heterocycles. The molecule has 1 amide bonds. The number of halogens is 1. The van der Waals surface area contributed by atoms with Crippen molar-refractivity contribution in [1.82, 2.24) is 0 Å². The lowest BCUT2D eigenvalue weighted by Gasteiger charge is -2.35. The smallest absolute Gasteiger partial charge is 0.233 e. The van der Waals surface area contributed by atoms with Crippen molar-refractivity contribution in [1.29, 1.82) is 0 Å². The van der Waals surface area contributed by atoms with E-state index in [0.717, 1.165) is 33.3 Å². The Labute approximate surface area is 218 Å². The summed E-state index contributed by atoms with van der Waals surface area (Å²) in [5, 5.41) is 6.11. The van der Waals surface area contributed by atoms with E-state index in [1.807, 2.05) is 78.2 Å². The van der Waals surface area contributed by atoms with E-state index in [4.69, 9.17) is 16.0 Å². The molecule has 0 unspecified atom stereocenters. The first-order chi connectivity index (χ1) is 17.6. The molecule has 4 aromatic rings. The van der Waals surface area contributed by atoms with Crippen LogP contribution in [0.2, 0.25) is 5.02 Å². The topological polar surface area (TPSA) is 62.6 Å². The molecule has 3 heterocycles. The van der Waals surface area contributed by atoms with Crippen molar-refractivity contribution in [3.63, 3.8) is 0 Å². The quantitative estimate of drug-likeness (QED) is 0.314. The van der Waals surface area contributed by atoms with Gasteiger partial charge in [0, 0.05) is 33.5 Å². The van der Waals surface area contributed by atoms with Gasteiger partial charge in [0.25, 0.3) is 0 Å². The summed E-state index contributed by atoms with van der Waals surface area (Å²) in [4.78, 5) is 30.6. The molecule has 0 saturated heterocycles. The van der Waals surface area contributed by atoms with Crippen LogP contribution >= 0.6 is 22.9 Å². The van der Waals surface area contributed by atoms with E-state index < -0.39 is 6.04 Å². The molecule has 5 nitrogen and oxygen atoms in total. The molecule has 6 rings (SSSR count). The number of amides is 1. The van der Waals surface area contributed by atoms with Crippen LogP contribution in [0.25, 0.3) is 0 Å². The molecule has 1 aliphatic heterocycles. The molecule has 1 aliphatic carbocycles. The van der Waals surface area contributed by atoms with Crippen molar-refractivity contribution in [3.05, 3.63) is 117 Å². The summed E-state index contributed by atoms with van der Waals surface area (Å²) in [5.74, 6) is 0.668. The number of furan rings is 1. The Morgan fingerprint density at radius 3 is 2.61 bits per heavy atom. The minimum Gasteiger partial charge on any atom is -0.469 e. The van der Waals surface area contributed by atoms with E-state index in [-0.39, 0.29) is 24.0 Å². The summed E-state index contributed by atoms with van der Waals surface area (Å²) in [5.41, 5.74) is 3.83. The van der Waals surface area contributed by atoms with Crippen LogP contribution in [0.4, 0.5) is 11.4 Å². The standard InChI is InChI=1S/C29H23ClN2O3S/c30-20-11-9-18(10-12-20)29-28-23(15-19(16-25(28)33)26-8-3-13-35-26)31-22-6-1-2-7-24(22)32(29)27(34)17-21-5-4-14-36-21/h1-14,19,29,31H,15-17H2/t19-,29-/m0/s1. The van der Waals surface area contributed by atoms with Gasteiger partial charge in [-0.25, -0.2) is 0 Å². The normalized spacial score (nSPS) is 19.4. The molecule has 0 fully saturated rings. The van der Waals surface area contributed by atoms with Gasteiger partial charge in [-0.1, -0.05) is 41.9 Å². The van der Waals surface area contributed by atoms with Crippen LogP contribution < -0.4 is 10.2 Å². The number of ketones is 1. The lowest BCUT2D eigenvalue weighted by Crippen LogP contribution is -2.39. The number of benzene rings is 2. The van der Waals surface area contributed by atoms with Gasteiger partial charge in [0.05, 0.1) is 30.1 Å². The van der Waals surface area contributed by atoms with Crippen LogP contribution in [-0.4, -0.2) is 11.7 Å². The van der Waals surface area contributed by atoms with Gasteiger partial charge in [0.1, 0.15) is 5.76 Å². The molecular weight excluding hydrogens is 492 g/mol. The lowest BCUT2D eigenvalue weighted by molar-refractivity contribution is -0.118. The molecule has 0 radical (unpaired) electrons. The van der Waals surface area contributed by atoms with Crippen LogP contribution in [0.5, 0.6) is 0 Å². The predicted molar refractivity (Wildman–Crippen MR) is 142 cm³/mol. The maximum absolute atomic E-state index is 14.0. The number of para-hydroxylation sites is 2. The second-order valence-corrected chi connectivity index (χ2v) is 10.5. The number of hydrogen-bond donors (Lipinski definition) is 1. The number of fused-ring (bicyclic) bond motifs is 1. The molecule has 36 heavy (non-hydrogen) atoms. The number of carbonyl (C=O) groups is 2. The number of carbonyl (C=O) groups excluding carboxylic acids is 2. The summed E-state index contributed by atoms with van der Waals surface area (Å²) in [7, 11) is 0. The highest BCUT2D eigenvalue weighted by atomic mass is 35.5. The van der Waals surface area contributed by atoms with Gasteiger partial charge in [0.15, 0.2) is 5.78 Å². The fourth-order valence-corrected chi connectivity index (χ4v) is 6.02. The van der Waals surface area contributed by atoms with Crippen LogP contribution in [0.15, 0.2) is 100 Å². The number of allylic oxidation sites excluding steroid dienone is 1. The number of Topliss-reactive ketones (excluding diaryl/α,β-unsaturated/α-hetero) is 1. The van der Waals surface area contributed by atoms with E-state index in [9.17, 15) is 9.59 Å². The molecule has 0 bridgehead atoms. The fourth-order valence-electron chi connectivity index (χ4n) is 5.20. The van der Waals surface area contributed by atoms with Crippen molar-refractivity contribution in [2.75, 3.05) is 10.2 Å². The van der Waals surface area contributed by atoms with Gasteiger partial charge in [-0.2, -0.15) is 0 Å². The highest BCUT2D eigenvalue weighted by molar-refractivity contribution is 7.10. The Hall–Kier alpha value is -3.61. The zero-order valence-electron chi connectivity index (χ0n) is 19.3. The highest BCUT2D eigenvalue weighted by Gasteiger charge is 2.42. The van der Waals surface area contributed by atoms with Crippen molar-refractivity contribution in [2.45, 2.75) is 31.2 Å². The summed E-state index contributed by atoms with van der Waals surface area (Å²) < 4.78 is 5.66. The Balaban J connectivity index is 1.53. The summed E-state index contributed by atoms with van der Waals surface area (Å²) >= 11 is 7.77. The first kappa shape index (κ1) is 22.8.